The summed E-state index contributed by atoms with van der Waals surface area (Å²) in [6, 6.07) is 15.8. The second kappa shape index (κ2) is 7.68. The van der Waals surface area contributed by atoms with Gasteiger partial charge in [0.25, 0.3) is 0 Å². The number of rotatable bonds is 5. The maximum Gasteiger partial charge on any atom is 0.244 e. The molecular formula is C20H21NO3. The predicted molar refractivity (Wildman–Crippen MR) is 94.3 cm³/mol. The van der Waals surface area contributed by atoms with Crippen LogP contribution in [0.25, 0.3) is 6.08 Å². The molecule has 0 radical (unpaired) electrons. The first-order chi connectivity index (χ1) is 11.7. The third-order valence-corrected chi connectivity index (χ3v) is 3.94. The molecule has 1 atom stereocenters. The molecule has 0 spiro atoms. The van der Waals surface area contributed by atoms with E-state index in [1.54, 1.807) is 12.2 Å². The lowest BCUT2D eigenvalue weighted by molar-refractivity contribution is -0.116. The van der Waals surface area contributed by atoms with E-state index in [0.717, 1.165) is 17.1 Å². The van der Waals surface area contributed by atoms with Crippen LogP contribution in [0.1, 0.15) is 24.0 Å². The smallest absolute Gasteiger partial charge is 0.244 e. The lowest BCUT2D eigenvalue weighted by Crippen LogP contribution is -2.25. The summed E-state index contributed by atoms with van der Waals surface area (Å²) in [5.74, 6) is 1.64. The first kappa shape index (κ1) is 16.1. The molecule has 2 aromatic rings. The van der Waals surface area contributed by atoms with E-state index >= 15 is 0 Å². The van der Waals surface area contributed by atoms with Gasteiger partial charge in [0.1, 0.15) is 13.2 Å². The summed E-state index contributed by atoms with van der Waals surface area (Å²) < 4.78 is 11.0. The minimum Gasteiger partial charge on any atom is -0.486 e. The van der Waals surface area contributed by atoms with Crippen molar-refractivity contribution in [3.05, 3.63) is 65.7 Å². The van der Waals surface area contributed by atoms with Crippen molar-refractivity contribution >= 4 is 12.0 Å². The van der Waals surface area contributed by atoms with Crippen molar-refractivity contribution in [3.63, 3.8) is 0 Å². The van der Waals surface area contributed by atoms with Crippen molar-refractivity contribution in [1.82, 2.24) is 5.32 Å². The lowest BCUT2D eigenvalue weighted by Gasteiger charge is -2.18. The normalized spacial score (nSPS) is 14.4. The molecule has 4 heteroatoms. The van der Waals surface area contributed by atoms with Gasteiger partial charge in [-0.3, -0.25) is 4.79 Å². The molecule has 4 nitrogen and oxygen atoms in total. The van der Waals surface area contributed by atoms with Gasteiger partial charge in [-0.15, -0.1) is 0 Å². The highest BCUT2D eigenvalue weighted by molar-refractivity contribution is 5.91. The SMILES string of the molecule is C[C@H](CNC(=O)/C=C/c1ccc2c(c1)OCCO2)c1ccccc1. The largest absolute Gasteiger partial charge is 0.486 e. The van der Waals surface area contributed by atoms with Crippen LogP contribution in [0, 0.1) is 0 Å². The highest BCUT2D eigenvalue weighted by Crippen LogP contribution is 2.31. The highest BCUT2D eigenvalue weighted by Gasteiger charge is 2.11. The number of amides is 1. The van der Waals surface area contributed by atoms with Gasteiger partial charge in [0, 0.05) is 12.6 Å². The second-order valence-electron chi connectivity index (χ2n) is 5.79. The molecule has 0 aromatic heterocycles. The van der Waals surface area contributed by atoms with E-state index < -0.39 is 0 Å². The molecule has 0 aliphatic carbocycles. The minimum absolute atomic E-state index is 0.104. The molecule has 124 valence electrons. The molecule has 1 heterocycles. The number of hydrogen-bond donors (Lipinski definition) is 1. The predicted octanol–water partition coefficient (Wildman–Crippen LogP) is 3.39. The minimum atomic E-state index is -0.104. The Morgan fingerprint density at radius 1 is 1.12 bits per heavy atom. The number of fused-ring (bicyclic) bond motifs is 1. The van der Waals surface area contributed by atoms with Gasteiger partial charge in [-0.25, -0.2) is 0 Å². The van der Waals surface area contributed by atoms with Crippen LogP contribution in [0.3, 0.4) is 0 Å². The summed E-state index contributed by atoms with van der Waals surface area (Å²) in [5, 5.41) is 2.93. The zero-order chi connectivity index (χ0) is 16.8. The molecule has 0 fully saturated rings. The van der Waals surface area contributed by atoms with Crippen LogP contribution in [0.15, 0.2) is 54.6 Å². The van der Waals surface area contributed by atoms with Crippen LogP contribution < -0.4 is 14.8 Å². The zero-order valence-corrected chi connectivity index (χ0v) is 13.7. The van der Waals surface area contributed by atoms with E-state index in [-0.39, 0.29) is 11.8 Å². The van der Waals surface area contributed by atoms with Gasteiger partial charge in [-0.1, -0.05) is 43.3 Å². The number of nitrogens with one attached hydrogen (secondary N) is 1. The van der Waals surface area contributed by atoms with E-state index in [1.807, 2.05) is 36.4 Å². The summed E-state index contributed by atoms with van der Waals surface area (Å²) in [6.45, 7) is 3.83. The van der Waals surface area contributed by atoms with E-state index in [4.69, 9.17) is 9.47 Å². The number of carbonyl (C=O) groups excluding carboxylic acids is 1. The summed E-state index contributed by atoms with van der Waals surface area (Å²) >= 11 is 0. The maximum absolute atomic E-state index is 12.0. The van der Waals surface area contributed by atoms with Crippen LogP contribution in [0.2, 0.25) is 0 Å². The fourth-order valence-electron chi connectivity index (χ4n) is 2.55. The van der Waals surface area contributed by atoms with Gasteiger partial charge in [-0.05, 0) is 35.3 Å². The van der Waals surface area contributed by atoms with Crippen LogP contribution in [-0.2, 0) is 4.79 Å². The monoisotopic (exact) mass is 323 g/mol. The van der Waals surface area contributed by atoms with Gasteiger partial charge in [-0.2, -0.15) is 0 Å². The summed E-state index contributed by atoms with van der Waals surface area (Å²) in [6.07, 6.45) is 3.32. The van der Waals surface area contributed by atoms with Gasteiger partial charge < -0.3 is 14.8 Å². The summed E-state index contributed by atoms with van der Waals surface area (Å²) in [7, 11) is 0. The van der Waals surface area contributed by atoms with Crippen molar-refractivity contribution in [2.24, 2.45) is 0 Å². The quantitative estimate of drug-likeness (QED) is 0.858. The molecule has 2 aromatic carbocycles. The average molecular weight is 323 g/mol. The van der Waals surface area contributed by atoms with Crippen molar-refractivity contribution in [2.75, 3.05) is 19.8 Å². The van der Waals surface area contributed by atoms with Crippen LogP contribution in [0.5, 0.6) is 11.5 Å². The van der Waals surface area contributed by atoms with Crippen molar-refractivity contribution in [2.45, 2.75) is 12.8 Å². The molecule has 0 saturated carbocycles. The Bertz CT molecular complexity index is 725. The molecule has 1 amide bonds. The van der Waals surface area contributed by atoms with Crippen molar-refractivity contribution in [1.29, 1.82) is 0 Å². The van der Waals surface area contributed by atoms with E-state index in [0.29, 0.717) is 19.8 Å². The van der Waals surface area contributed by atoms with Crippen molar-refractivity contribution in [3.8, 4) is 11.5 Å². The number of benzene rings is 2. The average Bonchev–Trinajstić information content (AvgIpc) is 2.65. The molecule has 0 bridgehead atoms. The first-order valence-electron chi connectivity index (χ1n) is 8.13. The molecule has 3 rings (SSSR count). The van der Waals surface area contributed by atoms with Crippen LogP contribution in [0.4, 0.5) is 0 Å². The van der Waals surface area contributed by atoms with Gasteiger partial charge in [0.05, 0.1) is 0 Å². The standard InChI is InChI=1S/C20H21NO3/c1-15(17-5-3-2-4-6-17)14-21-20(22)10-8-16-7-9-18-19(13-16)24-12-11-23-18/h2-10,13,15H,11-12,14H2,1H3,(H,21,22)/b10-8+/t15-/m1/s1. The summed E-state index contributed by atoms with van der Waals surface area (Å²) in [4.78, 5) is 12.0. The Labute approximate surface area is 142 Å². The van der Waals surface area contributed by atoms with E-state index in [2.05, 4.69) is 24.4 Å². The fraction of sp³-hybridized carbons (Fsp3) is 0.250. The van der Waals surface area contributed by atoms with Crippen LogP contribution >= 0.6 is 0 Å². The fourth-order valence-corrected chi connectivity index (χ4v) is 2.55. The first-order valence-corrected chi connectivity index (χ1v) is 8.13. The Kier molecular flexibility index (Phi) is 5.16. The zero-order valence-electron chi connectivity index (χ0n) is 13.7. The van der Waals surface area contributed by atoms with E-state index in [9.17, 15) is 4.79 Å². The lowest BCUT2D eigenvalue weighted by atomic mass is 10.0. The molecule has 0 unspecified atom stereocenters. The number of carbonyl (C=O) groups is 1. The Hall–Kier alpha value is -2.75. The second-order valence-corrected chi connectivity index (χ2v) is 5.79. The van der Waals surface area contributed by atoms with Crippen LogP contribution in [-0.4, -0.2) is 25.7 Å². The third-order valence-electron chi connectivity index (χ3n) is 3.94. The Balaban J connectivity index is 1.54. The Morgan fingerprint density at radius 2 is 1.88 bits per heavy atom. The summed E-state index contributed by atoms with van der Waals surface area (Å²) in [5.41, 5.74) is 2.12. The molecule has 1 N–H and O–H groups in total. The third kappa shape index (κ3) is 4.16. The highest BCUT2D eigenvalue weighted by atomic mass is 16.6. The number of hydrogen-bond acceptors (Lipinski definition) is 3. The molecule has 0 saturated heterocycles. The number of ether oxygens (including phenoxy) is 2. The van der Waals surface area contributed by atoms with E-state index in [1.165, 1.54) is 5.56 Å². The Morgan fingerprint density at radius 3 is 2.67 bits per heavy atom. The molecule has 1 aliphatic heterocycles. The topological polar surface area (TPSA) is 47.6 Å². The molecule has 1 aliphatic rings. The molecule has 24 heavy (non-hydrogen) atoms. The van der Waals surface area contributed by atoms with Gasteiger partial charge in [0.15, 0.2) is 11.5 Å². The van der Waals surface area contributed by atoms with Gasteiger partial charge >= 0.3 is 0 Å². The molecular weight excluding hydrogens is 302 g/mol. The maximum atomic E-state index is 12.0. The van der Waals surface area contributed by atoms with Crippen molar-refractivity contribution < 1.29 is 14.3 Å². The van der Waals surface area contributed by atoms with Gasteiger partial charge in [0.2, 0.25) is 5.91 Å².